The van der Waals surface area contributed by atoms with Gasteiger partial charge >= 0.3 is 0 Å². The molecule has 1 aliphatic heterocycles. The molecule has 0 spiro atoms. The van der Waals surface area contributed by atoms with Crippen molar-refractivity contribution in [3.05, 3.63) is 289 Å². The van der Waals surface area contributed by atoms with Crippen molar-refractivity contribution >= 4 is 62.9 Å². The molecule has 0 bridgehead atoms. The van der Waals surface area contributed by atoms with Gasteiger partial charge in [-0.1, -0.05) is 212 Å². The molecule has 0 fully saturated rings. The number of para-hydroxylation sites is 3. The zero-order valence-electron chi connectivity index (χ0n) is 35.3. The van der Waals surface area contributed by atoms with Crippen LogP contribution in [0.5, 0.6) is 0 Å². The average Bonchev–Trinajstić information content (AvgIpc) is 3.67. The van der Waals surface area contributed by atoms with Gasteiger partial charge in [0.1, 0.15) is 0 Å². The van der Waals surface area contributed by atoms with Gasteiger partial charge in [0.15, 0.2) is 8.07 Å². The van der Waals surface area contributed by atoms with E-state index in [0.717, 1.165) is 22.7 Å². The summed E-state index contributed by atoms with van der Waals surface area (Å²) in [5.74, 6) is 0. The highest BCUT2D eigenvalue weighted by Crippen LogP contribution is 2.57. The van der Waals surface area contributed by atoms with Crippen molar-refractivity contribution in [1.82, 2.24) is 0 Å². The number of nitrogens with zero attached hydrogens (tertiary/aromatic N) is 2. The molecule has 1 aliphatic carbocycles. The molecule has 0 saturated carbocycles. The summed E-state index contributed by atoms with van der Waals surface area (Å²) >= 11 is 0. The van der Waals surface area contributed by atoms with Crippen LogP contribution in [-0.2, 0) is 5.41 Å². The Morgan fingerprint density at radius 2 is 0.797 bits per heavy atom. The molecular formula is C61H44N2Si. The summed E-state index contributed by atoms with van der Waals surface area (Å²) in [5.41, 5.74) is 13.9. The lowest BCUT2D eigenvalue weighted by atomic mass is 9.67. The van der Waals surface area contributed by atoms with E-state index >= 15 is 0 Å². The number of rotatable bonds is 8. The summed E-state index contributed by atoms with van der Waals surface area (Å²) in [7, 11) is -2.87. The number of hydrogen-bond acceptors (Lipinski definition) is 2. The minimum Gasteiger partial charge on any atom is -0.311 e. The fourth-order valence-corrected chi connectivity index (χ4v) is 16.1. The minimum absolute atomic E-state index is 0.521. The fourth-order valence-electron chi connectivity index (χ4n) is 11.0. The van der Waals surface area contributed by atoms with Gasteiger partial charge in [0, 0.05) is 34.1 Å². The molecule has 0 amide bonds. The maximum absolute atomic E-state index is 2.87. The first-order valence-electron chi connectivity index (χ1n) is 22.2. The number of benzene rings is 10. The van der Waals surface area contributed by atoms with Crippen molar-refractivity contribution in [2.24, 2.45) is 0 Å². The van der Waals surface area contributed by atoms with Crippen LogP contribution in [0.1, 0.15) is 22.3 Å². The van der Waals surface area contributed by atoms with Gasteiger partial charge in [-0.15, -0.1) is 0 Å². The van der Waals surface area contributed by atoms with Crippen molar-refractivity contribution < 1.29 is 0 Å². The SMILES string of the molecule is c1ccc(N(c2ccc3c(c2)N(c2ccccc2)c2ccccc2[Si]3(c2ccccc2)c2ccccc2)c2ccc3c(c2)C(c2ccccc2)(c2ccccc2)c2ccccc2-3)cc1. The summed E-state index contributed by atoms with van der Waals surface area (Å²) in [6.45, 7) is 0. The summed E-state index contributed by atoms with van der Waals surface area (Å²) in [6, 6.07) is 99.1. The smallest absolute Gasteiger partial charge is 0.184 e. The lowest BCUT2D eigenvalue weighted by Crippen LogP contribution is -2.77. The highest BCUT2D eigenvalue weighted by molar-refractivity contribution is 7.21. The van der Waals surface area contributed by atoms with E-state index in [-0.39, 0.29) is 0 Å². The summed E-state index contributed by atoms with van der Waals surface area (Å²) in [6.07, 6.45) is 0. The predicted molar refractivity (Wildman–Crippen MR) is 270 cm³/mol. The maximum atomic E-state index is 2.50. The highest BCUT2D eigenvalue weighted by Gasteiger charge is 2.49. The molecule has 0 atom stereocenters. The van der Waals surface area contributed by atoms with Crippen molar-refractivity contribution in [3.63, 3.8) is 0 Å². The van der Waals surface area contributed by atoms with Gasteiger partial charge in [0.25, 0.3) is 0 Å². The molecule has 0 aromatic heterocycles. The molecular weight excluding hydrogens is 789 g/mol. The summed E-state index contributed by atoms with van der Waals surface area (Å²) in [5, 5.41) is 5.48. The molecule has 0 unspecified atom stereocenters. The van der Waals surface area contributed by atoms with Gasteiger partial charge in [0.2, 0.25) is 0 Å². The second kappa shape index (κ2) is 15.4. The van der Waals surface area contributed by atoms with Crippen molar-refractivity contribution in [1.29, 1.82) is 0 Å². The molecule has 2 aliphatic rings. The van der Waals surface area contributed by atoms with Crippen LogP contribution in [0.4, 0.5) is 34.1 Å². The van der Waals surface area contributed by atoms with Crippen LogP contribution in [0.25, 0.3) is 11.1 Å². The van der Waals surface area contributed by atoms with Crippen LogP contribution in [0, 0.1) is 0 Å². The van der Waals surface area contributed by atoms with Gasteiger partial charge in [-0.25, -0.2) is 0 Å². The Labute approximate surface area is 376 Å². The standard InChI is InChI=1S/C61H44N2Si/c1-7-23-45(24-8-1)61(46-25-9-2-10-26-46)55-36-20-19-35-53(55)54-41-39-49(43-56(54)61)62(47-27-11-3-12-28-47)50-40-42-60-58(44-50)63(48-29-13-4-14-30-48)57-37-21-22-38-59(57)64(60,51-31-15-5-16-32-51)52-33-17-6-18-34-52/h1-44H. The Morgan fingerprint density at radius 3 is 1.44 bits per heavy atom. The van der Waals surface area contributed by atoms with Crippen LogP contribution in [0.3, 0.4) is 0 Å². The maximum Gasteiger partial charge on any atom is 0.184 e. The molecule has 2 nitrogen and oxygen atoms in total. The first-order valence-corrected chi connectivity index (χ1v) is 24.2. The van der Waals surface area contributed by atoms with E-state index in [0.29, 0.717) is 0 Å². The third-order valence-corrected chi connectivity index (χ3v) is 18.4. The third-order valence-electron chi connectivity index (χ3n) is 13.6. The van der Waals surface area contributed by atoms with Gasteiger partial charge < -0.3 is 9.80 Å². The quantitative estimate of drug-likeness (QED) is 0.141. The fraction of sp³-hybridized carbons (Fsp3) is 0.0164. The van der Waals surface area contributed by atoms with Crippen molar-refractivity contribution in [3.8, 4) is 11.1 Å². The molecule has 3 heteroatoms. The molecule has 10 aromatic rings. The molecule has 302 valence electrons. The molecule has 0 radical (unpaired) electrons. The molecule has 10 aromatic carbocycles. The van der Waals surface area contributed by atoms with Crippen LogP contribution >= 0.6 is 0 Å². The van der Waals surface area contributed by atoms with Crippen LogP contribution in [-0.4, -0.2) is 8.07 Å². The van der Waals surface area contributed by atoms with Crippen LogP contribution < -0.4 is 30.5 Å². The number of hydrogen-bond donors (Lipinski definition) is 0. The summed E-state index contributed by atoms with van der Waals surface area (Å²) in [4.78, 5) is 4.96. The van der Waals surface area contributed by atoms with E-state index in [1.54, 1.807) is 0 Å². The molecule has 0 N–H and O–H groups in total. The first-order chi connectivity index (χ1) is 31.8. The number of anilines is 6. The Balaban J connectivity index is 1.14. The highest BCUT2D eigenvalue weighted by atomic mass is 28.3. The van der Waals surface area contributed by atoms with Crippen molar-refractivity contribution in [2.45, 2.75) is 5.41 Å². The largest absolute Gasteiger partial charge is 0.311 e. The Kier molecular flexibility index (Phi) is 9.10. The first kappa shape index (κ1) is 37.8. The minimum atomic E-state index is -2.87. The second-order valence-electron chi connectivity index (χ2n) is 16.8. The third kappa shape index (κ3) is 5.64. The Bertz CT molecular complexity index is 3190. The zero-order valence-corrected chi connectivity index (χ0v) is 36.3. The monoisotopic (exact) mass is 832 g/mol. The molecule has 0 saturated heterocycles. The molecule has 12 rings (SSSR count). The Morgan fingerprint density at radius 1 is 0.328 bits per heavy atom. The van der Waals surface area contributed by atoms with Gasteiger partial charge in [-0.05, 0) is 109 Å². The van der Waals surface area contributed by atoms with E-state index in [1.807, 2.05) is 0 Å². The van der Waals surface area contributed by atoms with E-state index < -0.39 is 13.5 Å². The lowest BCUT2D eigenvalue weighted by molar-refractivity contribution is 0.768. The van der Waals surface area contributed by atoms with Gasteiger partial charge in [-0.2, -0.15) is 0 Å². The average molecular weight is 833 g/mol. The lowest BCUT2D eigenvalue weighted by Gasteiger charge is -2.45. The second-order valence-corrected chi connectivity index (χ2v) is 20.5. The molecule has 1 heterocycles. The van der Waals surface area contributed by atoms with Crippen molar-refractivity contribution in [2.75, 3.05) is 9.80 Å². The van der Waals surface area contributed by atoms with Gasteiger partial charge in [-0.3, -0.25) is 0 Å². The predicted octanol–water partition coefficient (Wildman–Crippen LogP) is 12.7. The molecule has 64 heavy (non-hydrogen) atoms. The van der Waals surface area contributed by atoms with E-state index in [2.05, 4.69) is 277 Å². The van der Waals surface area contributed by atoms with Crippen LogP contribution in [0.2, 0.25) is 0 Å². The summed E-state index contributed by atoms with van der Waals surface area (Å²) < 4.78 is 0. The Hall–Kier alpha value is -7.98. The zero-order chi connectivity index (χ0) is 42.5. The normalized spacial score (nSPS) is 13.8. The topological polar surface area (TPSA) is 6.48 Å². The van der Waals surface area contributed by atoms with E-state index in [9.17, 15) is 0 Å². The van der Waals surface area contributed by atoms with Gasteiger partial charge in [0.05, 0.1) is 5.41 Å². The number of fused-ring (bicyclic) bond motifs is 5. The van der Waals surface area contributed by atoms with E-state index in [4.69, 9.17) is 0 Å². The van der Waals surface area contributed by atoms with Crippen LogP contribution in [0.15, 0.2) is 267 Å². The van der Waals surface area contributed by atoms with E-state index in [1.165, 1.54) is 65.5 Å².